The van der Waals surface area contributed by atoms with Crippen LogP contribution in [-0.4, -0.2) is 34.2 Å². The Morgan fingerprint density at radius 3 is 2.47 bits per heavy atom. The van der Waals surface area contributed by atoms with Crippen molar-refractivity contribution in [1.29, 1.82) is 5.26 Å². The average Bonchev–Trinajstić information content (AvgIpc) is 2.94. The van der Waals surface area contributed by atoms with Gasteiger partial charge in [0.15, 0.2) is 0 Å². The number of rotatable bonds is 8. The zero-order chi connectivity index (χ0) is 27.3. The van der Waals surface area contributed by atoms with Gasteiger partial charge in [-0.25, -0.2) is 4.98 Å². The molecule has 190 valence electrons. The highest BCUT2D eigenvalue weighted by Gasteiger charge is 2.23. The average molecular weight is 505 g/mol. The molecule has 3 heterocycles. The number of carbonyl (C=O) groups is 2. The van der Waals surface area contributed by atoms with Gasteiger partial charge < -0.3 is 15.4 Å². The third kappa shape index (κ3) is 5.42. The van der Waals surface area contributed by atoms with Gasteiger partial charge in [0, 0.05) is 48.2 Å². The van der Waals surface area contributed by atoms with Crippen LogP contribution in [0.5, 0.6) is 0 Å². The van der Waals surface area contributed by atoms with E-state index in [1.54, 1.807) is 45.4 Å². The summed E-state index contributed by atoms with van der Waals surface area (Å²) in [4.78, 5) is 37.5. The van der Waals surface area contributed by atoms with Crippen LogP contribution < -0.4 is 10.6 Å². The van der Waals surface area contributed by atoms with Crippen molar-refractivity contribution >= 4 is 23.7 Å². The minimum atomic E-state index is -0.811. The number of pyridine rings is 3. The molecule has 0 atom stereocenters. The number of carbonyl (C=O) groups excluding carboxylic acids is 2. The summed E-state index contributed by atoms with van der Waals surface area (Å²) in [6.07, 6.45) is 5.98. The molecule has 1 amide bonds. The maximum absolute atomic E-state index is 13.0. The quantitative estimate of drug-likeness (QED) is 0.310. The highest BCUT2D eigenvalue weighted by Crippen LogP contribution is 2.33. The number of hydrogen-bond donors (Lipinski definition) is 2. The van der Waals surface area contributed by atoms with Crippen LogP contribution in [0, 0.1) is 18.3 Å². The Labute approximate surface area is 221 Å². The van der Waals surface area contributed by atoms with Crippen LogP contribution in [0.1, 0.15) is 41.2 Å². The number of benzene rings is 1. The number of aldehydes is 1. The number of aromatic nitrogens is 3. The maximum Gasteiger partial charge on any atom is 0.255 e. The molecule has 0 aliphatic heterocycles. The maximum atomic E-state index is 13.0. The molecule has 0 aliphatic carbocycles. The van der Waals surface area contributed by atoms with Gasteiger partial charge in [0.25, 0.3) is 5.91 Å². The van der Waals surface area contributed by atoms with E-state index >= 15 is 0 Å². The number of aryl methyl sites for hydroxylation is 1. The lowest BCUT2D eigenvalue weighted by atomic mass is 9.90. The van der Waals surface area contributed by atoms with E-state index in [2.05, 4.69) is 31.7 Å². The molecule has 38 heavy (non-hydrogen) atoms. The van der Waals surface area contributed by atoms with Crippen LogP contribution in [0.25, 0.3) is 22.3 Å². The van der Waals surface area contributed by atoms with Crippen LogP contribution in [0.2, 0.25) is 0 Å². The minimum absolute atomic E-state index is 0.244. The molecule has 0 fully saturated rings. The monoisotopic (exact) mass is 504 g/mol. The second kappa shape index (κ2) is 11.0. The van der Waals surface area contributed by atoms with Crippen molar-refractivity contribution in [2.75, 3.05) is 17.7 Å². The summed E-state index contributed by atoms with van der Waals surface area (Å²) in [5.41, 5.74) is 5.95. The number of anilines is 2. The number of nitrogens with one attached hydrogen (secondary N) is 2. The van der Waals surface area contributed by atoms with Gasteiger partial charge >= 0.3 is 0 Å². The molecule has 0 saturated carbocycles. The molecule has 0 saturated heterocycles. The van der Waals surface area contributed by atoms with Gasteiger partial charge in [-0.15, -0.1) is 0 Å². The second-order valence-corrected chi connectivity index (χ2v) is 9.36. The Morgan fingerprint density at radius 1 is 1.03 bits per heavy atom. The van der Waals surface area contributed by atoms with Crippen LogP contribution in [0.4, 0.5) is 11.5 Å². The Hall–Kier alpha value is -4.90. The zero-order valence-corrected chi connectivity index (χ0v) is 21.7. The first-order chi connectivity index (χ1) is 18.3. The van der Waals surface area contributed by atoms with Crippen LogP contribution in [-0.2, 0) is 16.6 Å². The molecule has 2 N–H and O–H groups in total. The molecule has 3 aromatic heterocycles. The highest BCUT2D eigenvalue weighted by molar-refractivity contribution is 6.04. The van der Waals surface area contributed by atoms with Gasteiger partial charge in [0.1, 0.15) is 12.1 Å². The van der Waals surface area contributed by atoms with E-state index in [4.69, 9.17) is 0 Å². The molecule has 8 nitrogen and oxygen atoms in total. The van der Waals surface area contributed by atoms with E-state index in [0.717, 1.165) is 39.8 Å². The number of hydrogen-bond acceptors (Lipinski definition) is 7. The van der Waals surface area contributed by atoms with E-state index in [1.807, 2.05) is 43.3 Å². The first-order valence-electron chi connectivity index (χ1n) is 12.1. The topological polar surface area (TPSA) is 121 Å². The molecule has 4 rings (SSSR count). The molecule has 1 aromatic carbocycles. The lowest BCUT2D eigenvalue weighted by Gasteiger charge is -2.15. The second-order valence-electron chi connectivity index (χ2n) is 9.36. The van der Waals surface area contributed by atoms with Gasteiger partial charge in [0.05, 0.1) is 29.1 Å². The predicted molar refractivity (Wildman–Crippen MR) is 148 cm³/mol. The number of nitriles is 1. The summed E-state index contributed by atoms with van der Waals surface area (Å²) in [6.45, 7) is 5.43. The standard InChI is InChI=1S/C30H28N6O2/c1-19-26(21-7-5-6-20(14-21)24-9-12-34-28(32-4)25(24)10-13-37)16-23(17-35-19)36-29(38)22-8-11-33-27(15-22)30(2,3)18-31/h5-9,11-17H,10H2,1-4H3,(H,32,34)(H,36,38). The van der Waals surface area contributed by atoms with Crippen molar-refractivity contribution in [1.82, 2.24) is 15.0 Å². The molecular formula is C30H28N6O2. The summed E-state index contributed by atoms with van der Waals surface area (Å²) in [6, 6.07) is 17.2. The van der Waals surface area contributed by atoms with Gasteiger partial charge in [-0.2, -0.15) is 5.26 Å². The molecule has 0 bridgehead atoms. The van der Waals surface area contributed by atoms with E-state index in [9.17, 15) is 14.9 Å². The lowest BCUT2D eigenvalue weighted by molar-refractivity contribution is -0.107. The molecule has 8 heteroatoms. The lowest BCUT2D eigenvalue weighted by Crippen LogP contribution is -2.18. The fraction of sp³-hybridized carbons (Fsp3) is 0.200. The highest BCUT2D eigenvalue weighted by atomic mass is 16.1. The Morgan fingerprint density at radius 2 is 1.76 bits per heavy atom. The minimum Gasteiger partial charge on any atom is -0.373 e. The van der Waals surface area contributed by atoms with Gasteiger partial charge in [-0.3, -0.25) is 14.8 Å². The van der Waals surface area contributed by atoms with Crippen molar-refractivity contribution in [2.45, 2.75) is 32.6 Å². The van der Waals surface area contributed by atoms with E-state index in [0.29, 0.717) is 22.8 Å². The van der Waals surface area contributed by atoms with Crippen LogP contribution in [0.15, 0.2) is 67.1 Å². The molecule has 0 radical (unpaired) electrons. The SMILES string of the molecule is CNc1nccc(-c2cccc(-c3cc(NC(=O)c4ccnc(C(C)(C)C#N)c4)cnc3C)c2)c1CC=O. The van der Waals surface area contributed by atoms with E-state index in [1.165, 1.54) is 6.20 Å². The van der Waals surface area contributed by atoms with Crippen LogP contribution in [0.3, 0.4) is 0 Å². The van der Waals surface area contributed by atoms with Crippen molar-refractivity contribution in [2.24, 2.45) is 0 Å². The van der Waals surface area contributed by atoms with Crippen molar-refractivity contribution < 1.29 is 9.59 Å². The third-order valence-electron chi connectivity index (χ3n) is 6.35. The van der Waals surface area contributed by atoms with Gasteiger partial charge in [0.2, 0.25) is 0 Å². The molecule has 0 spiro atoms. The summed E-state index contributed by atoms with van der Waals surface area (Å²) < 4.78 is 0. The Balaban J connectivity index is 1.67. The number of amides is 1. The van der Waals surface area contributed by atoms with E-state index in [-0.39, 0.29) is 12.3 Å². The fourth-order valence-corrected chi connectivity index (χ4v) is 4.19. The summed E-state index contributed by atoms with van der Waals surface area (Å²) in [5.74, 6) is 0.350. The zero-order valence-electron chi connectivity index (χ0n) is 21.7. The van der Waals surface area contributed by atoms with Gasteiger partial charge in [-0.1, -0.05) is 18.2 Å². The van der Waals surface area contributed by atoms with Gasteiger partial charge in [-0.05, 0) is 67.8 Å². The van der Waals surface area contributed by atoms with Crippen molar-refractivity contribution in [3.8, 4) is 28.3 Å². The summed E-state index contributed by atoms with van der Waals surface area (Å²) >= 11 is 0. The first kappa shape index (κ1) is 26.2. The normalized spacial score (nSPS) is 10.9. The molecule has 4 aromatic rings. The fourth-order valence-electron chi connectivity index (χ4n) is 4.19. The largest absolute Gasteiger partial charge is 0.373 e. The summed E-state index contributed by atoms with van der Waals surface area (Å²) in [5, 5.41) is 15.4. The smallest absolute Gasteiger partial charge is 0.255 e. The third-order valence-corrected chi connectivity index (χ3v) is 6.35. The molecular weight excluding hydrogens is 476 g/mol. The van der Waals surface area contributed by atoms with Crippen molar-refractivity contribution in [3.05, 3.63) is 89.6 Å². The Bertz CT molecular complexity index is 1550. The van der Waals surface area contributed by atoms with Crippen LogP contribution >= 0.6 is 0 Å². The van der Waals surface area contributed by atoms with Crippen molar-refractivity contribution in [3.63, 3.8) is 0 Å². The summed E-state index contributed by atoms with van der Waals surface area (Å²) in [7, 11) is 1.78. The molecule has 0 aliphatic rings. The molecule has 0 unspecified atom stereocenters. The van der Waals surface area contributed by atoms with E-state index < -0.39 is 5.41 Å². The predicted octanol–water partition coefficient (Wildman–Crippen LogP) is 5.35. The Kier molecular flexibility index (Phi) is 7.58. The first-order valence-corrected chi connectivity index (χ1v) is 12.1. The number of nitrogens with zero attached hydrogens (tertiary/aromatic N) is 4.